The molecule has 1 aromatic rings. The van der Waals surface area contributed by atoms with Crippen LogP contribution in [0.15, 0.2) is 17.5 Å². The van der Waals surface area contributed by atoms with E-state index in [1.165, 1.54) is 4.88 Å². The van der Waals surface area contributed by atoms with Gasteiger partial charge in [-0.05, 0) is 64.1 Å². The maximum atomic E-state index is 11.8. The summed E-state index contributed by atoms with van der Waals surface area (Å²) in [6.45, 7) is 9.29. The summed E-state index contributed by atoms with van der Waals surface area (Å²) in [7, 11) is 0. The van der Waals surface area contributed by atoms with Crippen LogP contribution < -0.4 is 10.6 Å². The lowest BCUT2D eigenvalue weighted by atomic mass is 9.96. The number of carbonyl (C=O) groups excluding carboxylic acids is 2. The van der Waals surface area contributed by atoms with Gasteiger partial charge >= 0.3 is 11.8 Å². The van der Waals surface area contributed by atoms with Crippen molar-refractivity contribution >= 4 is 23.2 Å². The normalized spacial score (nSPS) is 17.0. The van der Waals surface area contributed by atoms with Crippen molar-refractivity contribution in [2.45, 2.75) is 45.7 Å². The van der Waals surface area contributed by atoms with E-state index < -0.39 is 11.8 Å². The highest BCUT2D eigenvalue weighted by Crippen LogP contribution is 2.20. The Labute approximate surface area is 142 Å². The van der Waals surface area contributed by atoms with E-state index in [-0.39, 0.29) is 5.54 Å². The van der Waals surface area contributed by atoms with E-state index >= 15 is 0 Å². The van der Waals surface area contributed by atoms with Crippen molar-refractivity contribution in [1.82, 2.24) is 15.5 Å². The Morgan fingerprint density at radius 1 is 1.26 bits per heavy atom. The Hall–Kier alpha value is -1.40. The van der Waals surface area contributed by atoms with Gasteiger partial charge < -0.3 is 10.6 Å². The first-order valence-corrected chi connectivity index (χ1v) is 9.06. The number of carbonyl (C=O) groups is 2. The first kappa shape index (κ1) is 17.9. The molecule has 0 atom stereocenters. The molecule has 0 bridgehead atoms. The largest absolute Gasteiger partial charge is 0.348 e. The van der Waals surface area contributed by atoms with Crippen LogP contribution in [-0.4, -0.2) is 41.9 Å². The summed E-state index contributed by atoms with van der Waals surface area (Å²) in [5, 5.41) is 7.56. The lowest BCUT2D eigenvalue weighted by molar-refractivity contribution is -0.140. The molecule has 0 aliphatic carbocycles. The molecule has 0 radical (unpaired) electrons. The summed E-state index contributed by atoms with van der Waals surface area (Å²) in [5.41, 5.74) is -0.387. The van der Waals surface area contributed by atoms with Crippen LogP contribution in [0.25, 0.3) is 0 Å². The van der Waals surface area contributed by atoms with Gasteiger partial charge in [-0.1, -0.05) is 6.07 Å². The van der Waals surface area contributed by atoms with Crippen LogP contribution >= 0.6 is 11.3 Å². The molecule has 1 aliphatic rings. The van der Waals surface area contributed by atoms with Gasteiger partial charge in [-0.3, -0.25) is 14.5 Å². The Morgan fingerprint density at radius 3 is 2.52 bits per heavy atom. The molecule has 5 nitrogen and oxygen atoms in total. The Kier molecular flexibility index (Phi) is 6.18. The maximum absolute atomic E-state index is 11.8. The number of rotatable bonds is 4. The molecule has 1 aliphatic heterocycles. The number of amides is 2. The molecule has 2 amide bonds. The van der Waals surface area contributed by atoms with Crippen LogP contribution in [0.2, 0.25) is 0 Å². The predicted molar refractivity (Wildman–Crippen MR) is 93.2 cm³/mol. The number of nitrogens with zero attached hydrogens (tertiary/aromatic N) is 1. The zero-order chi connectivity index (χ0) is 16.9. The van der Waals surface area contributed by atoms with E-state index in [1.54, 1.807) is 11.3 Å². The van der Waals surface area contributed by atoms with Gasteiger partial charge in [0.1, 0.15) is 0 Å². The molecule has 128 valence electrons. The highest BCUT2D eigenvalue weighted by Gasteiger charge is 2.23. The summed E-state index contributed by atoms with van der Waals surface area (Å²) in [6.07, 6.45) is 2.12. The summed E-state index contributed by atoms with van der Waals surface area (Å²) in [4.78, 5) is 27.4. The molecular formula is C17H27N3O2S. The van der Waals surface area contributed by atoms with Crippen molar-refractivity contribution in [3.8, 4) is 0 Å². The van der Waals surface area contributed by atoms with Crippen LogP contribution in [0.5, 0.6) is 0 Å². The molecule has 23 heavy (non-hydrogen) atoms. The fraction of sp³-hybridized carbons (Fsp3) is 0.647. The standard InChI is InChI=1S/C17H27N3O2S/c1-17(2,3)19-16(22)15(21)18-11-13-6-8-20(9-7-13)12-14-5-4-10-23-14/h4-5,10,13H,6-9,11-12H2,1-3H3,(H,18,21)(H,19,22). The van der Waals surface area contributed by atoms with Crippen LogP contribution in [0, 0.1) is 5.92 Å². The smallest absolute Gasteiger partial charge is 0.309 e. The molecule has 0 saturated carbocycles. The third kappa shape index (κ3) is 6.31. The summed E-state index contributed by atoms with van der Waals surface area (Å²) in [6, 6.07) is 4.26. The monoisotopic (exact) mass is 337 g/mol. The zero-order valence-electron chi connectivity index (χ0n) is 14.2. The second kappa shape index (κ2) is 7.93. The van der Waals surface area contributed by atoms with Crippen LogP contribution in [0.3, 0.4) is 0 Å². The predicted octanol–water partition coefficient (Wildman–Crippen LogP) is 1.99. The summed E-state index contributed by atoms with van der Waals surface area (Å²) < 4.78 is 0. The van der Waals surface area contributed by atoms with E-state index in [1.807, 2.05) is 20.8 Å². The number of thiophene rings is 1. The molecule has 1 aromatic heterocycles. The minimum atomic E-state index is -0.548. The molecule has 2 rings (SSSR count). The van der Waals surface area contributed by atoms with Crippen molar-refractivity contribution in [3.05, 3.63) is 22.4 Å². The van der Waals surface area contributed by atoms with Gasteiger partial charge in [0.25, 0.3) is 0 Å². The van der Waals surface area contributed by atoms with Gasteiger partial charge in [0.05, 0.1) is 0 Å². The second-order valence-electron chi connectivity index (χ2n) is 7.21. The van der Waals surface area contributed by atoms with Gasteiger partial charge in [0.2, 0.25) is 0 Å². The summed E-state index contributed by atoms with van der Waals surface area (Å²) >= 11 is 1.80. The first-order chi connectivity index (χ1) is 10.8. The average molecular weight is 337 g/mol. The quantitative estimate of drug-likeness (QED) is 0.826. The molecule has 0 aromatic carbocycles. The third-order valence-electron chi connectivity index (χ3n) is 3.91. The highest BCUT2D eigenvalue weighted by molar-refractivity contribution is 7.09. The SMILES string of the molecule is CC(C)(C)NC(=O)C(=O)NCC1CCN(Cc2cccs2)CC1. The first-order valence-electron chi connectivity index (χ1n) is 8.18. The van der Waals surface area contributed by atoms with Crippen molar-refractivity contribution in [2.75, 3.05) is 19.6 Å². The van der Waals surface area contributed by atoms with Crippen LogP contribution in [-0.2, 0) is 16.1 Å². The topological polar surface area (TPSA) is 61.4 Å². The molecule has 0 spiro atoms. The van der Waals surface area contributed by atoms with Gasteiger partial charge in [-0.15, -0.1) is 11.3 Å². The molecule has 0 unspecified atom stereocenters. The number of likely N-dealkylation sites (tertiary alicyclic amines) is 1. The van der Waals surface area contributed by atoms with Crippen LogP contribution in [0.4, 0.5) is 0 Å². The van der Waals surface area contributed by atoms with E-state index in [0.29, 0.717) is 12.5 Å². The van der Waals surface area contributed by atoms with Gasteiger partial charge in [0.15, 0.2) is 0 Å². The minimum Gasteiger partial charge on any atom is -0.348 e. The Balaban J connectivity index is 1.66. The lowest BCUT2D eigenvalue weighted by Crippen LogP contribution is -2.49. The fourth-order valence-electron chi connectivity index (χ4n) is 2.69. The van der Waals surface area contributed by atoms with E-state index in [9.17, 15) is 9.59 Å². The number of hydrogen-bond acceptors (Lipinski definition) is 4. The molecular weight excluding hydrogens is 310 g/mol. The van der Waals surface area contributed by atoms with Crippen molar-refractivity contribution in [1.29, 1.82) is 0 Å². The summed E-state index contributed by atoms with van der Waals surface area (Å²) in [5.74, 6) is -0.616. The van der Waals surface area contributed by atoms with Crippen LogP contribution in [0.1, 0.15) is 38.5 Å². The number of piperidine rings is 1. The van der Waals surface area contributed by atoms with Crippen molar-refractivity contribution < 1.29 is 9.59 Å². The fourth-order valence-corrected chi connectivity index (χ4v) is 3.43. The van der Waals surface area contributed by atoms with E-state index in [0.717, 1.165) is 32.5 Å². The van der Waals surface area contributed by atoms with E-state index in [4.69, 9.17) is 0 Å². The Morgan fingerprint density at radius 2 is 1.96 bits per heavy atom. The molecule has 2 heterocycles. The molecule has 2 N–H and O–H groups in total. The molecule has 1 fully saturated rings. The second-order valence-corrected chi connectivity index (χ2v) is 8.25. The van der Waals surface area contributed by atoms with Gasteiger partial charge in [-0.25, -0.2) is 0 Å². The number of nitrogens with one attached hydrogen (secondary N) is 2. The Bertz CT molecular complexity index is 514. The highest BCUT2D eigenvalue weighted by atomic mass is 32.1. The maximum Gasteiger partial charge on any atom is 0.309 e. The lowest BCUT2D eigenvalue weighted by Gasteiger charge is -2.31. The molecule has 1 saturated heterocycles. The van der Waals surface area contributed by atoms with Gasteiger partial charge in [-0.2, -0.15) is 0 Å². The molecule has 6 heteroatoms. The van der Waals surface area contributed by atoms with Crippen molar-refractivity contribution in [2.24, 2.45) is 5.92 Å². The van der Waals surface area contributed by atoms with E-state index in [2.05, 4.69) is 33.0 Å². The average Bonchev–Trinajstić information content (AvgIpc) is 2.97. The number of hydrogen-bond donors (Lipinski definition) is 2. The zero-order valence-corrected chi connectivity index (χ0v) is 15.0. The minimum absolute atomic E-state index is 0.387. The third-order valence-corrected chi connectivity index (χ3v) is 4.77. The van der Waals surface area contributed by atoms with Crippen molar-refractivity contribution in [3.63, 3.8) is 0 Å². The van der Waals surface area contributed by atoms with Gasteiger partial charge in [0, 0.05) is 23.5 Å².